The van der Waals surface area contributed by atoms with Crippen LogP contribution in [0.5, 0.6) is 0 Å². The highest BCUT2D eigenvalue weighted by molar-refractivity contribution is 7.13. The van der Waals surface area contributed by atoms with Gasteiger partial charge in [0.25, 0.3) is 0 Å². The van der Waals surface area contributed by atoms with Crippen molar-refractivity contribution >= 4 is 29.2 Å². The van der Waals surface area contributed by atoms with Crippen LogP contribution in [0.25, 0.3) is 0 Å². The van der Waals surface area contributed by atoms with Gasteiger partial charge in [0.1, 0.15) is 4.88 Å². The Bertz CT molecular complexity index is 673. The number of carboxylic acids is 2. The lowest BCUT2D eigenvalue weighted by Gasteiger charge is -2.07. The molecule has 182 valence electrons. The van der Waals surface area contributed by atoms with Crippen molar-refractivity contribution in [2.45, 2.75) is 103 Å². The fourth-order valence-corrected chi connectivity index (χ4v) is 4.53. The van der Waals surface area contributed by atoms with Gasteiger partial charge >= 0.3 is 11.9 Å². The fraction of sp³-hybridized carbons (Fsp3) is 0.720. The molecule has 0 aromatic carbocycles. The summed E-state index contributed by atoms with van der Waals surface area (Å²) in [5.74, 6) is -1.78. The zero-order valence-electron chi connectivity index (χ0n) is 19.6. The monoisotopic (exact) mass is 467 g/mol. The molecule has 1 heterocycles. The smallest absolute Gasteiger partial charge is 0.345 e. The first-order valence-electron chi connectivity index (χ1n) is 12.2. The van der Waals surface area contributed by atoms with Crippen LogP contribution in [0.4, 0.5) is 0 Å². The van der Waals surface area contributed by atoms with Crippen LogP contribution in [-0.4, -0.2) is 34.6 Å². The summed E-state index contributed by atoms with van der Waals surface area (Å²) in [6, 6.07) is 3.63. The minimum Gasteiger partial charge on any atom is -0.481 e. The van der Waals surface area contributed by atoms with E-state index in [1.54, 1.807) is 13.0 Å². The average Bonchev–Trinajstić information content (AvgIpc) is 3.23. The molecule has 1 rings (SSSR count). The molecule has 1 amide bonds. The molecule has 0 bridgehead atoms. The second-order valence-corrected chi connectivity index (χ2v) is 9.86. The van der Waals surface area contributed by atoms with E-state index in [4.69, 9.17) is 10.2 Å². The van der Waals surface area contributed by atoms with Crippen LogP contribution in [-0.2, 0) is 16.0 Å². The lowest BCUT2D eigenvalue weighted by molar-refractivity contribution is -0.141. The number of hydrogen-bond acceptors (Lipinski definition) is 4. The Kier molecular flexibility index (Phi) is 15.5. The van der Waals surface area contributed by atoms with Crippen LogP contribution in [0.15, 0.2) is 12.1 Å². The molecule has 0 spiro atoms. The molecule has 0 aliphatic heterocycles. The van der Waals surface area contributed by atoms with E-state index in [1.807, 2.05) is 6.07 Å². The third-order valence-electron chi connectivity index (χ3n) is 5.76. The van der Waals surface area contributed by atoms with Crippen LogP contribution in [0.3, 0.4) is 0 Å². The van der Waals surface area contributed by atoms with E-state index in [-0.39, 0.29) is 11.8 Å². The van der Waals surface area contributed by atoms with E-state index in [1.165, 1.54) is 61.2 Å². The Morgan fingerprint density at radius 2 is 1.44 bits per heavy atom. The maximum Gasteiger partial charge on any atom is 0.345 e. The van der Waals surface area contributed by atoms with Crippen LogP contribution in [0, 0.1) is 5.92 Å². The van der Waals surface area contributed by atoms with Gasteiger partial charge in [-0.3, -0.25) is 9.59 Å². The van der Waals surface area contributed by atoms with Gasteiger partial charge in [0.2, 0.25) is 5.91 Å². The molecular weight excluding hydrogens is 426 g/mol. The lowest BCUT2D eigenvalue weighted by atomic mass is 10.0. The number of aryl methyl sites for hydroxylation is 1. The number of rotatable bonds is 20. The van der Waals surface area contributed by atoms with E-state index < -0.39 is 11.9 Å². The molecule has 32 heavy (non-hydrogen) atoms. The van der Waals surface area contributed by atoms with Crippen molar-refractivity contribution in [2.75, 3.05) is 6.54 Å². The quantitative estimate of drug-likeness (QED) is 0.196. The molecule has 0 radical (unpaired) electrons. The molecule has 0 aliphatic rings. The van der Waals surface area contributed by atoms with Crippen molar-refractivity contribution in [1.82, 2.24) is 5.32 Å². The van der Waals surface area contributed by atoms with Crippen LogP contribution < -0.4 is 5.32 Å². The van der Waals surface area contributed by atoms with E-state index >= 15 is 0 Å². The highest BCUT2D eigenvalue weighted by Gasteiger charge is 2.10. The van der Waals surface area contributed by atoms with Crippen LogP contribution >= 0.6 is 11.3 Å². The largest absolute Gasteiger partial charge is 0.481 e. The number of thiophene rings is 1. The second kappa shape index (κ2) is 17.6. The lowest BCUT2D eigenvalue weighted by Crippen LogP contribution is -2.24. The highest BCUT2D eigenvalue weighted by Crippen LogP contribution is 2.19. The maximum atomic E-state index is 11.8. The van der Waals surface area contributed by atoms with Gasteiger partial charge in [0.05, 0.1) is 5.92 Å². The Morgan fingerprint density at radius 1 is 0.844 bits per heavy atom. The Hall–Kier alpha value is -1.89. The summed E-state index contributed by atoms with van der Waals surface area (Å²) in [6.07, 6.45) is 15.7. The Balaban J connectivity index is 1.82. The first-order valence-corrected chi connectivity index (χ1v) is 13.0. The third-order valence-corrected chi connectivity index (χ3v) is 6.89. The molecule has 6 nitrogen and oxygen atoms in total. The minimum atomic E-state index is -0.832. The first-order chi connectivity index (χ1) is 15.4. The van der Waals surface area contributed by atoms with Gasteiger partial charge in [-0.2, -0.15) is 0 Å². The van der Waals surface area contributed by atoms with Gasteiger partial charge in [0.15, 0.2) is 0 Å². The SMILES string of the molecule is C[C@@H](CCCCNC(=O)CCCCCCCCCCCCc1ccc(C(=O)O)s1)C(=O)O. The van der Waals surface area contributed by atoms with Crippen molar-refractivity contribution in [3.8, 4) is 0 Å². The van der Waals surface area contributed by atoms with E-state index in [0.717, 1.165) is 38.5 Å². The van der Waals surface area contributed by atoms with E-state index in [0.29, 0.717) is 24.3 Å². The number of hydrogen-bond donors (Lipinski definition) is 3. The molecular formula is C25H41NO5S. The van der Waals surface area contributed by atoms with Gasteiger partial charge in [-0.15, -0.1) is 11.3 Å². The molecule has 3 N–H and O–H groups in total. The molecule has 0 fully saturated rings. The van der Waals surface area contributed by atoms with E-state index in [9.17, 15) is 14.4 Å². The summed E-state index contributed by atoms with van der Waals surface area (Å²) in [5.41, 5.74) is 0. The number of carboxylic acid groups (broad SMARTS) is 2. The minimum absolute atomic E-state index is 0.109. The number of aromatic carboxylic acids is 1. The van der Waals surface area contributed by atoms with Gasteiger partial charge in [-0.05, 0) is 44.2 Å². The van der Waals surface area contributed by atoms with Gasteiger partial charge in [-0.1, -0.05) is 64.7 Å². The number of carbonyl (C=O) groups is 3. The van der Waals surface area contributed by atoms with Gasteiger partial charge < -0.3 is 15.5 Å². The summed E-state index contributed by atoms with van der Waals surface area (Å²) < 4.78 is 0. The summed E-state index contributed by atoms with van der Waals surface area (Å²) in [7, 11) is 0. The molecule has 0 aliphatic carbocycles. The number of unbranched alkanes of at least 4 members (excludes halogenated alkanes) is 10. The average molecular weight is 468 g/mol. The Morgan fingerprint density at radius 3 is 2.00 bits per heavy atom. The first kappa shape index (κ1) is 28.1. The zero-order valence-corrected chi connectivity index (χ0v) is 20.4. The maximum absolute atomic E-state index is 11.8. The molecule has 0 saturated heterocycles. The molecule has 1 atom stereocenters. The molecule has 0 unspecified atom stereocenters. The van der Waals surface area contributed by atoms with Crippen molar-refractivity contribution in [3.05, 3.63) is 21.9 Å². The fourth-order valence-electron chi connectivity index (χ4n) is 3.64. The molecule has 1 aromatic heterocycles. The number of carbonyl (C=O) groups excluding carboxylic acids is 1. The number of nitrogens with one attached hydrogen (secondary N) is 1. The van der Waals surface area contributed by atoms with Crippen molar-refractivity contribution in [3.63, 3.8) is 0 Å². The third kappa shape index (κ3) is 14.2. The standard InChI is InChI=1S/C25H41NO5S/c1-20(24(28)29)14-12-13-19-26-23(27)16-11-9-7-5-3-2-4-6-8-10-15-21-17-18-22(32-21)25(30)31/h17-18,20H,2-16,19H2,1H3,(H,26,27)(H,28,29)(H,30,31)/t20-/m0/s1. The highest BCUT2D eigenvalue weighted by atomic mass is 32.1. The summed E-state index contributed by atoms with van der Waals surface area (Å²) in [6.45, 7) is 2.36. The van der Waals surface area contributed by atoms with Crippen molar-refractivity contribution in [2.24, 2.45) is 5.92 Å². The summed E-state index contributed by atoms with van der Waals surface area (Å²) in [5, 5.41) is 20.7. The van der Waals surface area contributed by atoms with Crippen molar-refractivity contribution in [1.29, 1.82) is 0 Å². The van der Waals surface area contributed by atoms with Gasteiger partial charge in [-0.25, -0.2) is 4.79 Å². The molecule has 1 aromatic rings. The second-order valence-electron chi connectivity index (χ2n) is 8.69. The van der Waals surface area contributed by atoms with Crippen LogP contribution in [0.1, 0.15) is 111 Å². The van der Waals surface area contributed by atoms with Crippen molar-refractivity contribution < 1.29 is 24.6 Å². The predicted octanol–water partition coefficient (Wildman–Crippen LogP) is 6.29. The van der Waals surface area contributed by atoms with E-state index in [2.05, 4.69) is 5.32 Å². The number of aliphatic carboxylic acids is 1. The van der Waals surface area contributed by atoms with Crippen LogP contribution in [0.2, 0.25) is 0 Å². The topological polar surface area (TPSA) is 104 Å². The number of amides is 1. The molecule has 7 heteroatoms. The summed E-state index contributed by atoms with van der Waals surface area (Å²) in [4.78, 5) is 35.0. The van der Waals surface area contributed by atoms with Gasteiger partial charge in [0, 0.05) is 17.8 Å². The zero-order chi connectivity index (χ0) is 23.6. The normalized spacial score (nSPS) is 11.9. The predicted molar refractivity (Wildman–Crippen MR) is 129 cm³/mol. The Labute approximate surface area is 196 Å². The summed E-state index contributed by atoms with van der Waals surface area (Å²) >= 11 is 1.39. The molecule has 0 saturated carbocycles.